The Morgan fingerprint density at radius 1 is 0.516 bits per heavy atom. The van der Waals surface area contributed by atoms with Crippen LogP contribution in [-0.4, -0.2) is 73.4 Å². The smallest absolute Gasteiger partial charge is 0.387 e. The first-order chi connectivity index (χ1) is 31.0. The van der Waals surface area contributed by atoms with Gasteiger partial charge in [0.25, 0.3) is 0 Å². The maximum Gasteiger partial charge on any atom is 0.472 e. The van der Waals surface area contributed by atoms with Crippen LogP contribution in [0.5, 0.6) is 0 Å². The SMILES string of the molecule is CCCCCCCCCCCCCCCCCCCC/C=C/CC/C=C/C(O)C(COP(=O)(O)OCC[N+](C)(C)C)NC(=O)CCCCCCCCCCCCCCCCCCCC. The van der Waals surface area contributed by atoms with Crippen molar-refractivity contribution in [2.24, 2.45) is 0 Å². The molecule has 0 aromatic heterocycles. The average molecular weight is 926 g/mol. The van der Waals surface area contributed by atoms with Gasteiger partial charge >= 0.3 is 7.82 Å². The maximum atomic E-state index is 12.9. The van der Waals surface area contributed by atoms with Gasteiger partial charge in [0.05, 0.1) is 39.9 Å². The lowest BCUT2D eigenvalue weighted by Crippen LogP contribution is -2.45. The first-order valence-electron chi connectivity index (χ1n) is 27.7. The lowest BCUT2D eigenvalue weighted by atomic mass is 10.0. The number of phosphoric ester groups is 1. The van der Waals surface area contributed by atoms with Gasteiger partial charge in [0.1, 0.15) is 13.2 Å². The lowest BCUT2D eigenvalue weighted by molar-refractivity contribution is -0.870. The van der Waals surface area contributed by atoms with Crippen LogP contribution in [0.3, 0.4) is 0 Å². The van der Waals surface area contributed by atoms with E-state index in [-0.39, 0.29) is 19.1 Å². The Bertz CT molecular complexity index is 1090. The molecule has 0 aliphatic carbocycles. The number of rotatable bonds is 51. The molecule has 1 amide bonds. The number of quaternary nitrogens is 1. The highest BCUT2D eigenvalue weighted by Gasteiger charge is 2.27. The number of allylic oxidation sites excluding steroid dienone is 3. The van der Waals surface area contributed by atoms with Gasteiger partial charge in [-0.2, -0.15) is 0 Å². The van der Waals surface area contributed by atoms with Crippen LogP contribution in [-0.2, 0) is 18.4 Å². The maximum absolute atomic E-state index is 12.9. The van der Waals surface area contributed by atoms with Crippen molar-refractivity contribution >= 4 is 13.7 Å². The predicted molar refractivity (Wildman–Crippen MR) is 277 cm³/mol. The summed E-state index contributed by atoms with van der Waals surface area (Å²) in [5, 5.41) is 13.9. The number of phosphoric acid groups is 1. The number of aliphatic hydroxyl groups is 1. The normalized spacial score (nSPS) is 14.2. The van der Waals surface area contributed by atoms with E-state index in [0.29, 0.717) is 17.4 Å². The zero-order chi connectivity index (χ0) is 47.1. The van der Waals surface area contributed by atoms with Crippen LogP contribution in [0.25, 0.3) is 0 Å². The van der Waals surface area contributed by atoms with Crippen molar-refractivity contribution in [2.75, 3.05) is 40.9 Å². The van der Waals surface area contributed by atoms with Crippen molar-refractivity contribution in [1.29, 1.82) is 0 Å². The average Bonchev–Trinajstić information content (AvgIpc) is 3.25. The fourth-order valence-electron chi connectivity index (χ4n) is 8.30. The lowest BCUT2D eigenvalue weighted by Gasteiger charge is -2.25. The number of hydrogen-bond donors (Lipinski definition) is 3. The Morgan fingerprint density at radius 2 is 0.859 bits per heavy atom. The summed E-state index contributed by atoms with van der Waals surface area (Å²) in [6.07, 6.45) is 58.5. The quantitative estimate of drug-likeness (QED) is 0.0243. The first-order valence-corrected chi connectivity index (χ1v) is 29.2. The second-order valence-electron chi connectivity index (χ2n) is 20.3. The molecule has 3 N–H and O–H groups in total. The third-order valence-electron chi connectivity index (χ3n) is 12.7. The molecule has 0 bridgehead atoms. The monoisotopic (exact) mass is 926 g/mol. The van der Waals surface area contributed by atoms with Crippen LogP contribution < -0.4 is 5.32 Å². The number of carbonyl (C=O) groups is 1. The van der Waals surface area contributed by atoms with Crippen LogP contribution in [0.2, 0.25) is 0 Å². The minimum atomic E-state index is -4.35. The molecule has 9 heteroatoms. The van der Waals surface area contributed by atoms with Gasteiger partial charge in [-0.15, -0.1) is 0 Å². The summed E-state index contributed by atoms with van der Waals surface area (Å²) in [7, 11) is 1.57. The van der Waals surface area contributed by atoms with E-state index >= 15 is 0 Å². The Balaban J connectivity index is 4.26. The fraction of sp³-hybridized carbons (Fsp3) is 0.909. The third-order valence-corrected chi connectivity index (χ3v) is 13.7. The van der Waals surface area contributed by atoms with Crippen molar-refractivity contribution in [2.45, 2.75) is 283 Å². The molecule has 0 saturated heterocycles. The summed E-state index contributed by atoms with van der Waals surface area (Å²) >= 11 is 0. The topological polar surface area (TPSA) is 105 Å². The fourth-order valence-corrected chi connectivity index (χ4v) is 9.03. The molecule has 380 valence electrons. The number of nitrogens with zero attached hydrogens (tertiary/aromatic N) is 1. The van der Waals surface area contributed by atoms with E-state index in [2.05, 4.69) is 31.3 Å². The third kappa shape index (κ3) is 48.9. The van der Waals surface area contributed by atoms with Crippen LogP contribution in [0.4, 0.5) is 0 Å². The van der Waals surface area contributed by atoms with E-state index in [4.69, 9.17) is 9.05 Å². The van der Waals surface area contributed by atoms with Gasteiger partial charge in [0.2, 0.25) is 5.91 Å². The van der Waals surface area contributed by atoms with Crippen molar-refractivity contribution in [3.63, 3.8) is 0 Å². The largest absolute Gasteiger partial charge is 0.472 e. The van der Waals surface area contributed by atoms with Gasteiger partial charge in [-0.05, 0) is 32.1 Å². The molecule has 3 unspecified atom stereocenters. The number of carbonyl (C=O) groups excluding carboxylic acids is 1. The molecule has 3 atom stereocenters. The highest BCUT2D eigenvalue weighted by molar-refractivity contribution is 7.47. The van der Waals surface area contributed by atoms with E-state index in [9.17, 15) is 19.4 Å². The van der Waals surface area contributed by atoms with E-state index in [0.717, 1.165) is 38.5 Å². The second-order valence-corrected chi connectivity index (χ2v) is 21.8. The number of unbranched alkanes of at least 4 members (excludes halogenated alkanes) is 36. The molecule has 0 aromatic rings. The number of aliphatic hydroxyl groups excluding tert-OH is 1. The minimum Gasteiger partial charge on any atom is -0.387 e. The zero-order valence-corrected chi connectivity index (χ0v) is 44.2. The molecule has 64 heavy (non-hydrogen) atoms. The molecule has 0 heterocycles. The summed E-state index contributed by atoms with van der Waals surface area (Å²) in [6.45, 7) is 4.84. The highest BCUT2D eigenvalue weighted by Crippen LogP contribution is 2.43. The van der Waals surface area contributed by atoms with Gasteiger partial charge in [0, 0.05) is 6.42 Å². The summed E-state index contributed by atoms with van der Waals surface area (Å²) in [5.74, 6) is -0.182. The highest BCUT2D eigenvalue weighted by atomic mass is 31.2. The molecule has 0 aliphatic heterocycles. The van der Waals surface area contributed by atoms with Crippen LogP contribution in [0.1, 0.15) is 271 Å². The molecule has 8 nitrogen and oxygen atoms in total. The van der Waals surface area contributed by atoms with Crippen molar-refractivity contribution in [3.05, 3.63) is 24.3 Å². The summed E-state index contributed by atoms with van der Waals surface area (Å²) < 4.78 is 23.7. The molecule has 0 fully saturated rings. The zero-order valence-electron chi connectivity index (χ0n) is 43.3. The standard InChI is InChI=1S/C55H109N2O6P/c1-6-8-10-12-14-16-18-20-22-24-26-27-28-29-30-31-32-34-36-38-40-42-44-46-48-54(58)53(52-63-64(60,61)62-51-50-57(3,4)5)56-55(59)49-47-45-43-41-39-37-35-33-25-23-21-19-17-15-13-11-9-7-2/h38,40,46,48,53-54,58H,6-37,39,41-45,47,49-52H2,1-5H3,(H-,56,59,60,61)/p+1/b40-38+,48-46+. The van der Waals surface area contributed by atoms with Crippen LogP contribution in [0.15, 0.2) is 24.3 Å². The molecule has 0 radical (unpaired) electrons. The molecular weight excluding hydrogens is 816 g/mol. The van der Waals surface area contributed by atoms with Gasteiger partial charge in [-0.25, -0.2) is 4.57 Å². The van der Waals surface area contributed by atoms with Gasteiger partial charge in [0.15, 0.2) is 0 Å². The number of amides is 1. The predicted octanol–water partition coefficient (Wildman–Crippen LogP) is 16.4. The van der Waals surface area contributed by atoms with Gasteiger partial charge < -0.3 is 19.8 Å². The van der Waals surface area contributed by atoms with E-state index in [1.54, 1.807) is 6.08 Å². The van der Waals surface area contributed by atoms with Crippen molar-refractivity contribution in [3.8, 4) is 0 Å². The molecular formula is C55H110N2O6P+. The molecule has 0 saturated carbocycles. The minimum absolute atomic E-state index is 0.0587. The Morgan fingerprint density at radius 3 is 1.25 bits per heavy atom. The Hall–Kier alpha value is -1.02. The molecule has 0 aliphatic rings. The summed E-state index contributed by atoms with van der Waals surface area (Å²) in [6, 6.07) is -0.859. The van der Waals surface area contributed by atoms with E-state index in [1.165, 1.54) is 212 Å². The first kappa shape index (κ1) is 63.0. The molecule has 0 rings (SSSR count). The van der Waals surface area contributed by atoms with Crippen molar-refractivity contribution < 1.29 is 32.9 Å². The van der Waals surface area contributed by atoms with Crippen molar-refractivity contribution in [1.82, 2.24) is 5.32 Å². The molecule has 0 aromatic carbocycles. The van der Waals surface area contributed by atoms with Crippen LogP contribution in [0, 0.1) is 0 Å². The van der Waals surface area contributed by atoms with E-state index in [1.807, 2.05) is 27.2 Å². The Labute approximate surface area is 398 Å². The van der Waals surface area contributed by atoms with Gasteiger partial charge in [-0.1, -0.05) is 256 Å². The van der Waals surface area contributed by atoms with E-state index < -0.39 is 20.0 Å². The number of hydrogen-bond acceptors (Lipinski definition) is 5. The Kier molecular flexibility index (Phi) is 46.3. The molecule has 0 spiro atoms. The summed E-state index contributed by atoms with van der Waals surface area (Å²) in [5.41, 5.74) is 0. The van der Waals surface area contributed by atoms with Gasteiger partial charge in [-0.3, -0.25) is 13.8 Å². The number of nitrogens with one attached hydrogen (secondary N) is 1. The number of likely N-dealkylation sites (N-methyl/N-ethyl adjacent to an activating group) is 1. The van der Waals surface area contributed by atoms with Crippen LogP contribution >= 0.6 is 7.82 Å². The summed E-state index contributed by atoms with van der Waals surface area (Å²) in [4.78, 5) is 23.2. The second kappa shape index (κ2) is 47.1.